The molecule has 1 aliphatic rings. The fraction of sp³-hybridized carbons (Fsp3) is 0.562. The van der Waals surface area contributed by atoms with Gasteiger partial charge >= 0.3 is 0 Å². The van der Waals surface area contributed by atoms with Gasteiger partial charge in [0, 0.05) is 12.2 Å². The van der Waals surface area contributed by atoms with E-state index < -0.39 is 5.54 Å². The highest BCUT2D eigenvalue weighted by molar-refractivity contribution is 6.01. The number of anilines is 1. The minimum absolute atomic E-state index is 0.0766. The van der Waals surface area contributed by atoms with Gasteiger partial charge in [0.05, 0.1) is 5.54 Å². The lowest BCUT2D eigenvalue weighted by atomic mass is 9.90. The lowest BCUT2D eigenvalue weighted by Gasteiger charge is -2.37. The molecule has 0 radical (unpaired) electrons. The molecule has 1 aromatic rings. The maximum atomic E-state index is 12.8. The van der Waals surface area contributed by atoms with Crippen molar-refractivity contribution in [3.8, 4) is 0 Å². The standard InChI is InChI=1S/C16H24N2O/c1-4-16(17,5-2)15(19)18-11-7-10-13-9-6-8-12(3)14(13)18/h6,8-9H,4-5,7,10-11,17H2,1-3H3. The van der Waals surface area contributed by atoms with Crippen molar-refractivity contribution in [1.82, 2.24) is 0 Å². The van der Waals surface area contributed by atoms with Crippen molar-refractivity contribution in [1.29, 1.82) is 0 Å². The van der Waals surface area contributed by atoms with E-state index >= 15 is 0 Å². The third-order valence-corrected chi connectivity index (χ3v) is 4.35. The summed E-state index contributed by atoms with van der Waals surface area (Å²) in [7, 11) is 0. The first-order chi connectivity index (χ1) is 9.03. The Morgan fingerprint density at radius 2 is 2.05 bits per heavy atom. The van der Waals surface area contributed by atoms with Crippen molar-refractivity contribution in [2.24, 2.45) is 5.73 Å². The SMILES string of the molecule is CCC(N)(CC)C(=O)N1CCCc2cccc(C)c21. The molecule has 2 rings (SSSR count). The predicted molar refractivity (Wildman–Crippen MR) is 79.4 cm³/mol. The van der Waals surface area contributed by atoms with E-state index in [1.165, 1.54) is 11.1 Å². The zero-order valence-electron chi connectivity index (χ0n) is 12.2. The quantitative estimate of drug-likeness (QED) is 0.908. The van der Waals surface area contributed by atoms with E-state index in [-0.39, 0.29) is 5.91 Å². The Hall–Kier alpha value is -1.35. The Morgan fingerprint density at radius 1 is 1.37 bits per heavy atom. The van der Waals surface area contributed by atoms with E-state index in [4.69, 9.17) is 5.73 Å². The van der Waals surface area contributed by atoms with Gasteiger partial charge in [0.2, 0.25) is 5.91 Å². The largest absolute Gasteiger partial charge is 0.317 e. The van der Waals surface area contributed by atoms with Crippen molar-refractivity contribution in [3.63, 3.8) is 0 Å². The summed E-state index contributed by atoms with van der Waals surface area (Å²) >= 11 is 0. The molecular weight excluding hydrogens is 236 g/mol. The van der Waals surface area contributed by atoms with Crippen LogP contribution in [0.1, 0.15) is 44.2 Å². The van der Waals surface area contributed by atoms with Crippen molar-refractivity contribution < 1.29 is 4.79 Å². The van der Waals surface area contributed by atoms with Gasteiger partial charge in [0.25, 0.3) is 0 Å². The molecule has 0 fully saturated rings. The molecular formula is C16H24N2O. The number of amides is 1. The molecule has 0 spiro atoms. The van der Waals surface area contributed by atoms with Crippen LogP contribution in [0.4, 0.5) is 5.69 Å². The van der Waals surface area contributed by atoms with Crippen molar-refractivity contribution in [2.45, 2.75) is 52.0 Å². The predicted octanol–water partition coefficient (Wildman–Crippen LogP) is 2.79. The number of benzene rings is 1. The number of aryl methyl sites for hydroxylation is 2. The summed E-state index contributed by atoms with van der Waals surface area (Å²) in [5, 5.41) is 0. The van der Waals surface area contributed by atoms with Gasteiger partial charge in [-0.1, -0.05) is 32.0 Å². The summed E-state index contributed by atoms with van der Waals surface area (Å²) in [6, 6.07) is 6.26. The maximum absolute atomic E-state index is 12.8. The molecule has 1 aliphatic heterocycles. The number of hydrogen-bond acceptors (Lipinski definition) is 2. The molecule has 0 atom stereocenters. The number of carbonyl (C=O) groups excluding carboxylic acids is 1. The number of carbonyl (C=O) groups is 1. The summed E-state index contributed by atoms with van der Waals surface area (Å²) in [4.78, 5) is 14.7. The molecule has 0 saturated carbocycles. The molecule has 1 heterocycles. The van der Waals surface area contributed by atoms with E-state index in [1.54, 1.807) is 0 Å². The van der Waals surface area contributed by atoms with E-state index in [0.717, 1.165) is 25.1 Å². The highest BCUT2D eigenvalue weighted by Gasteiger charge is 2.36. The van der Waals surface area contributed by atoms with Gasteiger partial charge in [-0.2, -0.15) is 0 Å². The molecule has 1 amide bonds. The summed E-state index contributed by atoms with van der Waals surface area (Å²) in [5.74, 6) is 0.0766. The fourth-order valence-corrected chi connectivity index (χ4v) is 2.87. The number of nitrogens with two attached hydrogens (primary N) is 1. The first-order valence-corrected chi connectivity index (χ1v) is 7.23. The number of hydrogen-bond donors (Lipinski definition) is 1. The van der Waals surface area contributed by atoms with Crippen LogP contribution in [-0.4, -0.2) is 18.0 Å². The van der Waals surface area contributed by atoms with Crippen molar-refractivity contribution in [3.05, 3.63) is 29.3 Å². The molecule has 3 nitrogen and oxygen atoms in total. The van der Waals surface area contributed by atoms with E-state index in [0.29, 0.717) is 12.8 Å². The van der Waals surface area contributed by atoms with Crippen LogP contribution in [0.25, 0.3) is 0 Å². The number of rotatable bonds is 3. The Morgan fingerprint density at radius 3 is 2.68 bits per heavy atom. The third-order valence-electron chi connectivity index (χ3n) is 4.35. The molecule has 1 aromatic carbocycles. The Kier molecular flexibility index (Phi) is 3.95. The van der Waals surface area contributed by atoms with Gasteiger partial charge in [0.1, 0.15) is 0 Å². The minimum atomic E-state index is -0.725. The van der Waals surface area contributed by atoms with Gasteiger partial charge in [0.15, 0.2) is 0 Å². The van der Waals surface area contributed by atoms with E-state index in [9.17, 15) is 4.79 Å². The number of fused-ring (bicyclic) bond motifs is 1. The maximum Gasteiger partial charge on any atom is 0.247 e. The smallest absolute Gasteiger partial charge is 0.247 e. The molecule has 3 heteroatoms. The molecule has 0 unspecified atom stereocenters. The molecule has 104 valence electrons. The van der Waals surface area contributed by atoms with Gasteiger partial charge < -0.3 is 10.6 Å². The van der Waals surface area contributed by atoms with Crippen LogP contribution in [0.15, 0.2) is 18.2 Å². The van der Waals surface area contributed by atoms with Gasteiger partial charge in [-0.3, -0.25) is 4.79 Å². The van der Waals surface area contributed by atoms with Crippen molar-refractivity contribution in [2.75, 3.05) is 11.4 Å². The summed E-state index contributed by atoms with van der Waals surface area (Å²) in [6.07, 6.45) is 3.43. The first kappa shape index (κ1) is 14.1. The van der Waals surface area contributed by atoms with Crippen LogP contribution < -0.4 is 10.6 Å². The number of nitrogens with zero attached hydrogens (tertiary/aromatic N) is 1. The van der Waals surface area contributed by atoms with Crippen LogP contribution in [0, 0.1) is 6.92 Å². The van der Waals surface area contributed by atoms with Crippen LogP contribution in [0.2, 0.25) is 0 Å². The topological polar surface area (TPSA) is 46.3 Å². The van der Waals surface area contributed by atoms with Crippen LogP contribution in [-0.2, 0) is 11.2 Å². The zero-order valence-corrected chi connectivity index (χ0v) is 12.2. The highest BCUT2D eigenvalue weighted by atomic mass is 16.2. The average Bonchev–Trinajstić information content (AvgIpc) is 2.45. The summed E-state index contributed by atoms with van der Waals surface area (Å²) < 4.78 is 0. The fourth-order valence-electron chi connectivity index (χ4n) is 2.87. The van der Waals surface area contributed by atoms with Gasteiger partial charge in [-0.25, -0.2) is 0 Å². The number of para-hydroxylation sites is 1. The zero-order chi connectivity index (χ0) is 14.0. The monoisotopic (exact) mass is 260 g/mol. The second-order valence-electron chi connectivity index (χ2n) is 5.51. The Bertz CT molecular complexity index is 478. The van der Waals surface area contributed by atoms with E-state index in [1.807, 2.05) is 18.7 Å². The lowest BCUT2D eigenvalue weighted by Crippen LogP contribution is -2.56. The molecule has 0 saturated heterocycles. The van der Waals surface area contributed by atoms with Crippen LogP contribution >= 0.6 is 0 Å². The third kappa shape index (κ3) is 2.39. The second kappa shape index (κ2) is 5.33. The van der Waals surface area contributed by atoms with E-state index in [2.05, 4.69) is 25.1 Å². The van der Waals surface area contributed by atoms with Gasteiger partial charge in [-0.15, -0.1) is 0 Å². The average molecular weight is 260 g/mol. The van der Waals surface area contributed by atoms with Gasteiger partial charge in [-0.05, 0) is 43.7 Å². The normalized spacial score (nSPS) is 15.3. The summed E-state index contributed by atoms with van der Waals surface area (Å²) in [6.45, 7) is 6.84. The van der Waals surface area contributed by atoms with Crippen molar-refractivity contribution >= 4 is 11.6 Å². The van der Waals surface area contributed by atoms with Crippen LogP contribution in [0.5, 0.6) is 0 Å². The highest BCUT2D eigenvalue weighted by Crippen LogP contribution is 2.32. The Balaban J connectivity index is 2.42. The molecule has 0 bridgehead atoms. The Labute approximate surface area is 115 Å². The lowest BCUT2D eigenvalue weighted by molar-refractivity contribution is -0.124. The molecule has 0 aliphatic carbocycles. The molecule has 19 heavy (non-hydrogen) atoms. The van der Waals surface area contributed by atoms with Crippen LogP contribution in [0.3, 0.4) is 0 Å². The second-order valence-corrected chi connectivity index (χ2v) is 5.51. The summed E-state index contributed by atoms with van der Waals surface area (Å²) in [5.41, 5.74) is 9.09. The molecule has 0 aromatic heterocycles. The minimum Gasteiger partial charge on any atom is -0.317 e. The molecule has 2 N–H and O–H groups in total. The first-order valence-electron chi connectivity index (χ1n) is 7.23.